The molecule has 15 heavy (non-hydrogen) atoms. The Balaban J connectivity index is -0.000000108. The Labute approximate surface area is 140 Å². The van der Waals surface area contributed by atoms with Crippen LogP contribution >= 0.6 is 0 Å². The van der Waals surface area contributed by atoms with E-state index in [2.05, 4.69) is 0 Å². The number of aliphatic hydroxyl groups excluding tert-OH is 4. The maximum atomic E-state index is 8.48. The third-order valence-electron chi connectivity index (χ3n) is 1.25. The summed E-state index contributed by atoms with van der Waals surface area (Å²) < 4.78 is 0. The van der Waals surface area contributed by atoms with Gasteiger partial charge in [-0.3, -0.25) is 4.90 Å². The summed E-state index contributed by atoms with van der Waals surface area (Å²) in [5, 5.41) is 33.0. The molecule has 0 heterocycles. The molecular formula is C8H21ClKNO4. The van der Waals surface area contributed by atoms with Gasteiger partial charge in [0.15, 0.2) is 0 Å². The van der Waals surface area contributed by atoms with Gasteiger partial charge in [-0.25, -0.2) is 0 Å². The number of hydrogen-bond acceptors (Lipinski definition) is 5. The normalized spacial score (nSPS) is 8.40. The molecule has 0 saturated carbocycles. The zero-order valence-electron chi connectivity index (χ0n) is 9.56. The minimum atomic E-state index is 0. The van der Waals surface area contributed by atoms with Crippen LogP contribution in [0.4, 0.5) is 0 Å². The third kappa shape index (κ3) is 25.8. The summed E-state index contributed by atoms with van der Waals surface area (Å²) in [6.07, 6.45) is 0. The van der Waals surface area contributed by atoms with Crippen molar-refractivity contribution in [2.24, 2.45) is 0 Å². The molecule has 0 aliphatic carbocycles. The van der Waals surface area contributed by atoms with Crippen molar-refractivity contribution in [3.05, 3.63) is 0 Å². The van der Waals surface area contributed by atoms with Crippen LogP contribution in [-0.4, -0.2) is 71.4 Å². The molecule has 0 unspecified atom stereocenters. The summed E-state index contributed by atoms with van der Waals surface area (Å²) in [7, 11) is 0. The molecule has 0 rings (SSSR count). The molecule has 0 fully saturated rings. The first kappa shape index (κ1) is 25.5. The summed E-state index contributed by atoms with van der Waals surface area (Å²) in [6.45, 7) is 3.68. The third-order valence-corrected chi connectivity index (χ3v) is 1.25. The molecule has 4 N–H and O–H groups in total. The van der Waals surface area contributed by atoms with Crippen molar-refractivity contribution in [3.63, 3.8) is 0 Å². The van der Waals surface area contributed by atoms with Crippen molar-refractivity contribution in [1.82, 2.24) is 4.90 Å². The molecule has 0 aromatic carbocycles. The van der Waals surface area contributed by atoms with Gasteiger partial charge >= 0.3 is 51.4 Å². The van der Waals surface area contributed by atoms with E-state index in [1.165, 1.54) is 0 Å². The van der Waals surface area contributed by atoms with Crippen LogP contribution in [0.1, 0.15) is 6.92 Å². The predicted molar refractivity (Wildman–Crippen MR) is 50.5 cm³/mol. The van der Waals surface area contributed by atoms with Crippen LogP contribution in [0, 0.1) is 0 Å². The topological polar surface area (TPSA) is 84.2 Å². The molecule has 0 aromatic rings. The van der Waals surface area contributed by atoms with Gasteiger partial charge in [-0.1, -0.05) is 0 Å². The molecule has 7 heteroatoms. The fourth-order valence-electron chi connectivity index (χ4n) is 0.760. The monoisotopic (exact) mass is 269 g/mol. The largest absolute Gasteiger partial charge is 1.00 e. The van der Waals surface area contributed by atoms with Crippen LogP contribution in [0.15, 0.2) is 0 Å². The van der Waals surface area contributed by atoms with E-state index in [1.54, 1.807) is 11.8 Å². The van der Waals surface area contributed by atoms with E-state index in [0.29, 0.717) is 19.6 Å². The summed E-state index contributed by atoms with van der Waals surface area (Å²) in [4.78, 5) is 1.79. The molecule has 0 amide bonds. The van der Waals surface area contributed by atoms with E-state index in [-0.39, 0.29) is 90.2 Å². The Morgan fingerprint density at radius 2 is 1.00 bits per heavy atom. The molecule has 0 radical (unpaired) electrons. The number of hydrogen-bond donors (Lipinski definition) is 4. The zero-order chi connectivity index (χ0) is 10.5. The molecule has 0 spiro atoms. The first-order chi connectivity index (χ1) is 6.26. The number of nitrogens with zero attached hydrogens (tertiary/aromatic N) is 1. The molecule has 0 atom stereocenters. The van der Waals surface area contributed by atoms with Crippen molar-refractivity contribution in [3.8, 4) is 0 Å². The van der Waals surface area contributed by atoms with Crippen molar-refractivity contribution in [2.45, 2.75) is 6.92 Å². The first-order valence-corrected chi connectivity index (χ1v) is 4.42. The smallest absolute Gasteiger partial charge is 1.00 e. The second-order valence-electron chi connectivity index (χ2n) is 2.33. The van der Waals surface area contributed by atoms with Gasteiger partial charge in [-0.05, 0) is 6.92 Å². The molecule has 0 aliphatic heterocycles. The minimum absolute atomic E-state index is 0. The van der Waals surface area contributed by atoms with Crippen molar-refractivity contribution < 1.29 is 84.2 Å². The Kier molecular flexibility index (Phi) is 42.2. The van der Waals surface area contributed by atoms with Crippen LogP contribution in [0.25, 0.3) is 0 Å². The van der Waals surface area contributed by atoms with Crippen molar-refractivity contribution in [1.29, 1.82) is 0 Å². The fraction of sp³-hybridized carbons (Fsp3) is 1.00. The van der Waals surface area contributed by atoms with E-state index in [9.17, 15) is 0 Å². The standard InChI is InChI=1S/C6H15NO3.C2H6O.ClH.K/c8-4-1-7(2-5-9)3-6-10;1-2-3;;/h8-10H,1-6H2;3H,2H2,1H3;1H;/q;;;+1/p-1. The summed E-state index contributed by atoms with van der Waals surface area (Å²) >= 11 is 0. The van der Waals surface area contributed by atoms with Crippen LogP contribution in [0.3, 0.4) is 0 Å². The van der Waals surface area contributed by atoms with Gasteiger partial charge in [0.25, 0.3) is 0 Å². The van der Waals surface area contributed by atoms with Gasteiger partial charge < -0.3 is 32.8 Å². The molecule has 90 valence electrons. The SMILES string of the molecule is CCO.OCCN(CCO)CCO.[Cl-].[K+]. The van der Waals surface area contributed by atoms with Crippen molar-refractivity contribution >= 4 is 0 Å². The molecule has 0 aliphatic rings. The Bertz CT molecular complexity index is 78.8. The molecule has 5 nitrogen and oxygen atoms in total. The second kappa shape index (κ2) is 24.8. The summed E-state index contributed by atoms with van der Waals surface area (Å²) in [5.41, 5.74) is 0. The maximum Gasteiger partial charge on any atom is 1.00 e. The Morgan fingerprint density at radius 1 is 0.800 bits per heavy atom. The van der Waals surface area contributed by atoms with E-state index in [0.717, 1.165) is 0 Å². The Hall–Kier alpha value is 1.73. The molecular weight excluding hydrogens is 249 g/mol. The average molecular weight is 270 g/mol. The van der Waals surface area contributed by atoms with Gasteiger partial charge in [-0.2, -0.15) is 0 Å². The number of halogens is 1. The van der Waals surface area contributed by atoms with E-state index >= 15 is 0 Å². The average Bonchev–Trinajstić information content (AvgIpc) is 2.07. The fourth-order valence-corrected chi connectivity index (χ4v) is 0.760. The second-order valence-corrected chi connectivity index (χ2v) is 2.33. The quantitative estimate of drug-likeness (QED) is 0.360. The van der Waals surface area contributed by atoms with Gasteiger partial charge in [0, 0.05) is 26.2 Å². The zero-order valence-corrected chi connectivity index (χ0v) is 13.4. The summed E-state index contributed by atoms with van der Waals surface area (Å²) in [6, 6.07) is 0. The number of aliphatic hydroxyl groups is 4. The van der Waals surface area contributed by atoms with Crippen LogP contribution in [0.5, 0.6) is 0 Å². The first-order valence-electron chi connectivity index (χ1n) is 4.42. The molecule has 0 saturated heterocycles. The van der Waals surface area contributed by atoms with Gasteiger partial charge in [-0.15, -0.1) is 0 Å². The minimum Gasteiger partial charge on any atom is -1.00 e. The van der Waals surface area contributed by atoms with Crippen LogP contribution in [-0.2, 0) is 0 Å². The Morgan fingerprint density at radius 3 is 1.13 bits per heavy atom. The predicted octanol–water partition coefficient (Wildman–Crippen LogP) is -7.73. The van der Waals surface area contributed by atoms with E-state index in [1.807, 2.05) is 0 Å². The molecule has 0 bridgehead atoms. The van der Waals surface area contributed by atoms with Crippen LogP contribution < -0.4 is 63.8 Å². The maximum absolute atomic E-state index is 8.48. The molecule has 0 aromatic heterocycles. The van der Waals surface area contributed by atoms with Gasteiger partial charge in [0.2, 0.25) is 0 Å². The summed E-state index contributed by atoms with van der Waals surface area (Å²) in [5.74, 6) is 0. The van der Waals surface area contributed by atoms with E-state index < -0.39 is 0 Å². The van der Waals surface area contributed by atoms with Crippen molar-refractivity contribution in [2.75, 3.05) is 46.1 Å². The number of rotatable bonds is 6. The van der Waals surface area contributed by atoms with Crippen LogP contribution in [0.2, 0.25) is 0 Å². The van der Waals surface area contributed by atoms with Gasteiger partial charge in [0.1, 0.15) is 0 Å². The van der Waals surface area contributed by atoms with E-state index in [4.69, 9.17) is 20.4 Å². The van der Waals surface area contributed by atoms with Gasteiger partial charge in [0.05, 0.1) is 19.8 Å².